The van der Waals surface area contributed by atoms with Gasteiger partial charge in [0, 0.05) is 17.6 Å². The number of rotatable bonds is 4. The van der Waals surface area contributed by atoms with Crippen LogP contribution in [0.15, 0.2) is 22.7 Å². The number of halogens is 1. The van der Waals surface area contributed by atoms with Crippen molar-refractivity contribution < 1.29 is 9.90 Å². The molecule has 1 fully saturated rings. The van der Waals surface area contributed by atoms with E-state index < -0.39 is 5.97 Å². The van der Waals surface area contributed by atoms with Crippen LogP contribution in [0, 0.1) is 5.92 Å². The minimum absolute atomic E-state index is 0.368. The van der Waals surface area contributed by atoms with Gasteiger partial charge in [0.05, 0.1) is 11.3 Å². The largest absolute Gasteiger partial charge is 0.478 e. The molecule has 0 bridgehead atoms. The standard InChI is InChI=1S/C16H22BrNO2/c1-3-11-7-9-12(10-8-11)18(2)14-6-4-5-13(17)15(14)16(19)20/h4-6,11-12H,3,7-10H2,1-2H3,(H,19,20). The highest BCUT2D eigenvalue weighted by molar-refractivity contribution is 9.10. The molecule has 1 N–H and O–H groups in total. The lowest BCUT2D eigenvalue weighted by Crippen LogP contribution is -2.36. The molecule has 110 valence electrons. The molecule has 0 saturated heterocycles. The van der Waals surface area contributed by atoms with Crippen LogP contribution in [0.3, 0.4) is 0 Å². The van der Waals surface area contributed by atoms with Crippen LogP contribution < -0.4 is 4.90 Å². The monoisotopic (exact) mass is 339 g/mol. The summed E-state index contributed by atoms with van der Waals surface area (Å²) in [5, 5.41) is 9.42. The minimum Gasteiger partial charge on any atom is -0.478 e. The Bertz CT molecular complexity index is 481. The Hall–Kier alpha value is -1.03. The number of anilines is 1. The second-order valence-electron chi connectivity index (χ2n) is 5.63. The summed E-state index contributed by atoms with van der Waals surface area (Å²) in [5.41, 5.74) is 1.18. The van der Waals surface area contributed by atoms with Crippen LogP contribution in [0.2, 0.25) is 0 Å². The van der Waals surface area contributed by atoms with Crippen LogP contribution in [-0.4, -0.2) is 24.2 Å². The normalized spacial score (nSPS) is 22.6. The second-order valence-corrected chi connectivity index (χ2v) is 6.49. The Morgan fingerprint density at radius 1 is 1.35 bits per heavy atom. The summed E-state index contributed by atoms with van der Waals surface area (Å²) in [6, 6.07) is 6.04. The molecule has 0 amide bonds. The van der Waals surface area contributed by atoms with Crippen LogP contribution in [0.25, 0.3) is 0 Å². The predicted molar refractivity (Wildman–Crippen MR) is 85.5 cm³/mol. The van der Waals surface area contributed by atoms with Gasteiger partial charge in [-0.15, -0.1) is 0 Å². The molecule has 0 unspecified atom stereocenters. The van der Waals surface area contributed by atoms with Crippen molar-refractivity contribution in [2.75, 3.05) is 11.9 Å². The molecule has 1 aromatic rings. The van der Waals surface area contributed by atoms with Crippen molar-refractivity contribution in [3.8, 4) is 0 Å². The fourth-order valence-electron chi connectivity index (χ4n) is 3.16. The fourth-order valence-corrected chi connectivity index (χ4v) is 3.68. The van der Waals surface area contributed by atoms with Crippen molar-refractivity contribution in [3.63, 3.8) is 0 Å². The molecule has 20 heavy (non-hydrogen) atoms. The maximum Gasteiger partial charge on any atom is 0.338 e. The Labute approximate surface area is 129 Å². The molecule has 0 aromatic heterocycles. The highest BCUT2D eigenvalue weighted by Gasteiger charge is 2.26. The van der Waals surface area contributed by atoms with Gasteiger partial charge in [0.25, 0.3) is 0 Å². The molecule has 4 heteroatoms. The van der Waals surface area contributed by atoms with E-state index in [2.05, 4.69) is 27.8 Å². The van der Waals surface area contributed by atoms with Crippen molar-refractivity contribution in [2.45, 2.75) is 45.1 Å². The van der Waals surface area contributed by atoms with Gasteiger partial charge in [-0.25, -0.2) is 4.79 Å². The predicted octanol–water partition coefficient (Wildman–Crippen LogP) is 4.55. The third-order valence-electron chi connectivity index (χ3n) is 4.53. The van der Waals surface area contributed by atoms with Gasteiger partial charge in [0.2, 0.25) is 0 Å². The zero-order valence-corrected chi connectivity index (χ0v) is 13.7. The van der Waals surface area contributed by atoms with Gasteiger partial charge < -0.3 is 10.0 Å². The lowest BCUT2D eigenvalue weighted by molar-refractivity contribution is 0.0696. The van der Waals surface area contributed by atoms with E-state index in [4.69, 9.17) is 0 Å². The number of benzene rings is 1. The molecule has 3 nitrogen and oxygen atoms in total. The summed E-state index contributed by atoms with van der Waals surface area (Å²) >= 11 is 3.35. The SMILES string of the molecule is CCC1CCC(N(C)c2cccc(Br)c2C(=O)O)CC1. The maximum absolute atomic E-state index is 11.5. The molecule has 0 atom stereocenters. The van der Waals surface area contributed by atoms with Gasteiger partial charge >= 0.3 is 5.97 Å². The van der Waals surface area contributed by atoms with Gasteiger partial charge in [-0.2, -0.15) is 0 Å². The summed E-state index contributed by atoms with van der Waals surface area (Å²) in [7, 11) is 2.02. The van der Waals surface area contributed by atoms with Gasteiger partial charge in [-0.05, 0) is 59.7 Å². The summed E-state index contributed by atoms with van der Waals surface area (Å²) < 4.78 is 0.650. The summed E-state index contributed by atoms with van der Waals surface area (Å²) in [6.45, 7) is 2.26. The van der Waals surface area contributed by atoms with Gasteiger partial charge in [-0.1, -0.05) is 19.4 Å². The molecule has 1 aromatic carbocycles. The Kier molecular flexibility index (Phi) is 5.08. The van der Waals surface area contributed by atoms with E-state index in [1.165, 1.54) is 19.3 Å². The smallest absolute Gasteiger partial charge is 0.338 e. The Morgan fingerprint density at radius 2 is 2.00 bits per heavy atom. The van der Waals surface area contributed by atoms with Gasteiger partial charge in [0.1, 0.15) is 0 Å². The number of hydrogen-bond acceptors (Lipinski definition) is 2. The van der Waals surface area contributed by atoms with Crippen LogP contribution in [-0.2, 0) is 0 Å². The van der Waals surface area contributed by atoms with E-state index in [-0.39, 0.29) is 0 Å². The van der Waals surface area contributed by atoms with Crippen molar-refractivity contribution >= 4 is 27.6 Å². The number of carboxylic acids is 1. The highest BCUT2D eigenvalue weighted by atomic mass is 79.9. The first-order chi connectivity index (χ1) is 9.54. The first-order valence-corrected chi connectivity index (χ1v) is 8.08. The average Bonchev–Trinajstić information content (AvgIpc) is 2.46. The molecule has 2 rings (SSSR count). The highest BCUT2D eigenvalue weighted by Crippen LogP contribution is 2.34. The van der Waals surface area contributed by atoms with E-state index >= 15 is 0 Å². The van der Waals surface area contributed by atoms with Crippen LogP contribution in [0.4, 0.5) is 5.69 Å². The van der Waals surface area contributed by atoms with Gasteiger partial charge in [0.15, 0.2) is 0 Å². The van der Waals surface area contributed by atoms with Gasteiger partial charge in [-0.3, -0.25) is 0 Å². The molecular weight excluding hydrogens is 318 g/mol. The zero-order valence-electron chi connectivity index (χ0n) is 12.1. The number of carboxylic acid groups (broad SMARTS) is 1. The summed E-state index contributed by atoms with van der Waals surface area (Å²) in [5.74, 6) is -0.0253. The molecule has 0 radical (unpaired) electrons. The average molecular weight is 340 g/mol. The van der Waals surface area contributed by atoms with E-state index in [0.717, 1.165) is 24.4 Å². The Balaban J connectivity index is 2.20. The first kappa shape index (κ1) is 15.4. The number of carbonyl (C=O) groups is 1. The van der Waals surface area contributed by atoms with Crippen molar-refractivity contribution in [2.24, 2.45) is 5.92 Å². The van der Waals surface area contributed by atoms with Crippen molar-refractivity contribution in [1.29, 1.82) is 0 Å². The van der Waals surface area contributed by atoms with E-state index in [0.29, 0.717) is 16.1 Å². The molecule has 0 aliphatic heterocycles. The molecule has 1 saturated carbocycles. The topological polar surface area (TPSA) is 40.5 Å². The third kappa shape index (κ3) is 3.17. The van der Waals surface area contributed by atoms with Crippen LogP contribution in [0.5, 0.6) is 0 Å². The number of aromatic carboxylic acids is 1. The minimum atomic E-state index is -0.874. The molecule has 1 aliphatic rings. The number of nitrogens with zero attached hydrogens (tertiary/aromatic N) is 1. The summed E-state index contributed by atoms with van der Waals surface area (Å²) in [4.78, 5) is 13.6. The molecule has 0 spiro atoms. The molecular formula is C16H22BrNO2. The Morgan fingerprint density at radius 3 is 2.55 bits per heavy atom. The van der Waals surface area contributed by atoms with Crippen LogP contribution in [0.1, 0.15) is 49.4 Å². The zero-order chi connectivity index (χ0) is 14.7. The molecule has 1 aliphatic carbocycles. The lowest BCUT2D eigenvalue weighted by atomic mass is 9.84. The lowest BCUT2D eigenvalue weighted by Gasteiger charge is -2.36. The first-order valence-electron chi connectivity index (χ1n) is 7.29. The number of hydrogen-bond donors (Lipinski definition) is 1. The molecule has 0 heterocycles. The second kappa shape index (κ2) is 6.61. The summed E-state index contributed by atoms with van der Waals surface area (Å²) in [6.07, 6.45) is 6.07. The quantitative estimate of drug-likeness (QED) is 0.874. The van der Waals surface area contributed by atoms with E-state index in [9.17, 15) is 9.90 Å². The van der Waals surface area contributed by atoms with Crippen molar-refractivity contribution in [1.82, 2.24) is 0 Å². The third-order valence-corrected chi connectivity index (χ3v) is 5.19. The van der Waals surface area contributed by atoms with Crippen molar-refractivity contribution in [3.05, 3.63) is 28.2 Å². The maximum atomic E-state index is 11.5. The van der Waals surface area contributed by atoms with E-state index in [1.54, 1.807) is 6.07 Å². The van der Waals surface area contributed by atoms with E-state index in [1.807, 2.05) is 19.2 Å². The fraction of sp³-hybridized carbons (Fsp3) is 0.562. The van der Waals surface area contributed by atoms with Crippen LogP contribution >= 0.6 is 15.9 Å².